The SMILES string of the molecule is CCN(c1ccc(C)cc1)c1ccc(C(=O)O)c(Br)c1F. The van der Waals surface area contributed by atoms with Crippen LogP contribution in [-0.2, 0) is 0 Å². The molecule has 3 nitrogen and oxygen atoms in total. The number of carboxylic acids is 1. The molecule has 0 unspecified atom stereocenters. The van der Waals surface area contributed by atoms with E-state index in [0.717, 1.165) is 11.3 Å². The molecule has 0 atom stereocenters. The number of aromatic carboxylic acids is 1. The van der Waals surface area contributed by atoms with Crippen LogP contribution in [0.1, 0.15) is 22.8 Å². The number of carboxylic acid groups (broad SMARTS) is 1. The van der Waals surface area contributed by atoms with Gasteiger partial charge in [0.15, 0.2) is 5.82 Å². The summed E-state index contributed by atoms with van der Waals surface area (Å²) < 4.78 is 14.4. The third-order valence-electron chi connectivity index (χ3n) is 3.25. The van der Waals surface area contributed by atoms with E-state index < -0.39 is 11.8 Å². The minimum absolute atomic E-state index is 0.0296. The van der Waals surface area contributed by atoms with Crippen LogP contribution >= 0.6 is 15.9 Å². The first-order valence-electron chi connectivity index (χ1n) is 6.51. The third-order valence-corrected chi connectivity index (χ3v) is 4.02. The third kappa shape index (κ3) is 3.08. The van der Waals surface area contributed by atoms with E-state index >= 15 is 0 Å². The van der Waals surface area contributed by atoms with Crippen LogP contribution in [0, 0.1) is 12.7 Å². The first-order chi connectivity index (χ1) is 9.95. The van der Waals surface area contributed by atoms with Gasteiger partial charge in [-0.05, 0) is 54.0 Å². The van der Waals surface area contributed by atoms with Crippen LogP contribution in [0.4, 0.5) is 15.8 Å². The van der Waals surface area contributed by atoms with Gasteiger partial charge in [-0.15, -0.1) is 0 Å². The lowest BCUT2D eigenvalue weighted by Crippen LogP contribution is -2.18. The standard InChI is InChI=1S/C16H15BrFNO2/c1-3-19(11-6-4-10(2)5-7-11)13-9-8-12(16(20)21)14(17)15(13)18/h4-9H,3H2,1-2H3,(H,20,21). The Kier molecular flexibility index (Phi) is 4.63. The molecular weight excluding hydrogens is 337 g/mol. The molecule has 2 aromatic rings. The molecule has 21 heavy (non-hydrogen) atoms. The van der Waals surface area contributed by atoms with Crippen molar-refractivity contribution in [3.8, 4) is 0 Å². The number of rotatable bonds is 4. The highest BCUT2D eigenvalue weighted by Crippen LogP contribution is 2.33. The summed E-state index contributed by atoms with van der Waals surface area (Å²) in [5.74, 6) is -1.73. The second kappa shape index (κ2) is 6.26. The predicted molar refractivity (Wildman–Crippen MR) is 84.9 cm³/mol. The first-order valence-corrected chi connectivity index (χ1v) is 7.30. The largest absolute Gasteiger partial charge is 0.478 e. The van der Waals surface area contributed by atoms with Crippen molar-refractivity contribution >= 4 is 33.3 Å². The molecule has 0 aliphatic rings. The monoisotopic (exact) mass is 351 g/mol. The Morgan fingerprint density at radius 1 is 1.24 bits per heavy atom. The van der Waals surface area contributed by atoms with Gasteiger partial charge in [-0.1, -0.05) is 17.7 Å². The summed E-state index contributed by atoms with van der Waals surface area (Å²) in [6.07, 6.45) is 0. The summed E-state index contributed by atoms with van der Waals surface area (Å²) in [6.45, 7) is 4.47. The minimum atomic E-state index is -1.16. The fourth-order valence-electron chi connectivity index (χ4n) is 2.13. The molecule has 0 heterocycles. The number of carbonyl (C=O) groups is 1. The van der Waals surface area contributed by atoms with Crippen molar-refractivity contribution in [2.45, 2.75) is 13.8 Å². The van der Waals surface area contributed by atoms with Gasteiger partial charge in [0.1, 0.15) is 0 Å². The van der Waals surface area contributed by atoms with E-state index in [-0.39, 0.29) is 10.0 Å². The fraction of sp³-hybridized carbons (Fsp3) is 0.188. The van der Waals surface area contributed by atoms with Crippen LogP contribution < -0.4 is 4.90 Å². The van der Waals surface area contributed by atoms with Crippen molar-refractivity contribution < 1.29 is 14.3 Å². The average Bonchev–Trinajstić information content (AvgIpc) is 2.45. The van der Waals surface area contributed by atoms with Gasteiger partial charge in [0.2, 0.25) is 0 Å². The Labute approximate surface area is 131 Å². The van der Waals surface area contributed by atoms with E-state index in [4.69, 9.17) is 5.11 Å². The average molecular weight is 352 g/mol. The quantitative estimate of drug-likeness (QED) is 0.863. The highest BCUT2D eigenvalue weighted by molar-refractivity contribution is 9.10. The number of nitrogens with zero attached hydrogens (tertiary/aromatic N) is 1. The van der Waals surface area contributed by atoms with Crippen molar-refractivity contribution in [3.63, 3.8) is 0 Å². The molecule has 0 aliphatic heterocycles. The molecule has 0 spiro atoms. The van der Waals surface area contributed by atoms with E-state index in [1.807, 2.05) is 38.1 Å². The van der Waals surface area contributed by atoms with Crippen molar-refractivity contribution in [1.29, 1.82) is 0 Å². The van der Waals surface area contributed by atoms with Crippen molar-refractivity contribution in [2.75, 3.05) is 11.4 Å². The van der Waals surface area contributed by atoms with E-state index in [1.54, 1.807) is 4.90 Å². The predicted octanol–water partition coefficient (Wildman–Crippen LogP) is 4.75. The minimum Gasteiger partial charge on any atom is -0.478 e. The highest BCUT2D eigenvalue weighted by atomic mass is 79.9. The molecule has 1 N–H and O–H groups in total. The summed E-state index contributed by atoms with van der Waals surface area (Å²) in [5.41, 5.74) is 2.24. The van der Waals surface area contributed by atoms with E-state index in [9.17, 15) is 9.18 Å². The summed E-state index contributed by atoms with van der Waals surface area (Å²) in [7, 11) is 0. The number of benzene rings is 2. The molecule has 0 radical (unpaired) electrons. The molecule has 2 rings (SSSR count). The van der Waals surface area contributed by atoms with Crippen LogP contribution in [0.15, 0.2) is 40.9 Å². The number of halogens is 2. The molecule has 0 aliphatic carbocycles. The lowest BCUT2D eigenvalue weighted by molar-refractivity contribution is 0.0695. The van der Waals surface area contributed by atoms with Gasteiger partial charge in [-0.2, -0.15) is 0 Å². The van der Waals surface area contributed by atoms with Crippen LogP contribution in [-0.4, -0.2) is 17.6 Å². The van der Waals surface area contributed by atoms with Crippen molar-refractivity contribution in [3.05, 3.63) is 57.8 Å². The van der Waals surface area contributed by atoms with Gasteiger partial charge in [0.25, 0.3) is 0 Å². The molecule has 0 bridgehead atoms. The van der Waals surface area contributed by atoms with Crippen molar-refractivity contribution in [2.24, 2.45) is 0 Å². The summed E-state index contributed by atoms with van der Waals surface area (Å²) in [5, 5.41) is 9.01. The Bertz CT molecular complexity index is 671. The summed E-state index contributed by atoms with van der Waals surface area (Å²) >= 11 is 3.03. The van der Waals surface area contributed by atoms with Gasteiger partial charge in [-0.3, -0.25) is 0 Å². The molecule has 5 heteroatoms. The maximum absolute atomic E-state index is 14.5. The van der Waals surface area contributed by atoms with E-state index in [1.165, 1.54) is 12.1 Å². The Morgan fingerprint density at radius 2 is 1.86 bits per heavy atom. The fourth-order valence-corrected chi connectivity index (χ4v) is 2.63. The molecule has 0 saturated heterocycles. The van der Waals surface area contributed by atoms with Gasteiger partial charge in [0, 0.05) is 12.2 Å². The smallest absolute Gasteiger partial charge is 0.336 e. The molecule has 0 fully saturated rings. The maximum atomic E-state index is 14.5. The molecule has 2 aromatic carbocycles. The Balaban J connectivity index is 2.50. The van der Waals surface area contributed by atoms with Gasteiger partial charge >= 0.3 is 5.97 Å². The molecule has 110 valence electrons. The number of aryl methyl sites for hydroxylation is 1. The van der Waals surface area contributed by atoms with E-state index in [0.29, 0.717) is 12.2 Å². The molecule has 0 aromatic heterocycles. The normalized spacial score (nSPS) is 10.5. The van der Waals surface area contributed by atoms with E-state index in [2.05, 4.69) is 15.9 Å². The lowest BCUT2D eigenvalue weighted by Gasteiger charge is -2.24. The second-order valence-corrected chi connectivity index (χ2v) is 5.44. The number of anilines is 2. The zero-order chi connectivity index (χ0) is 15.6. The van der Waals surface area contributed by atoms with Crippen LogP contribution in [0.5, 0.6) is 0 Å². The maximum Gasteiger partial charge on any atom is 0.336 e. The van der Waals surface area contributed by atoms with Crippen LogP contribution in [0.25, 0.3) is 0 Å². The van der Waals surface area contributed by atoms with Gasteiger partial charge in [-0.25, -0.2) is 9.18 Å². The van der Waals surface area contributed by atoms with Crippen molar-refractivity contribution in [1.82, 2.24) is 0 Å². The second-order valence-electron chi connectivity index (χ2n) is 4.65. The lowest BCUT2D eigenvalue weighted by atomic mass is 10.1. The van der Waals surface area contributed by atoms with Gasteiger partial charge < -0.3 is 10.0 Å². The molecular formula is C16H15BrFNO2. The van der Waals surface area contributed by atoms with Crippen LogP contribution in [0.3, 0.4) is 0 Å². The number of hydrogen-bond acceptors (Lipinski definition) is 2. The first kappa shape index (κ1) is 15.5. The molecule has 0 amide bonds. The zero-order valence-electron chi connectivity index (χ0n) is 11.7. The topological polar surface area (TPSA) is 40.5 Å². The Hall–Kier alpha value is -1.88. The number of hydrogen-bond donors (Lipinski definition) is 1. The Morgan fingerprint density at radius 3 is 2.38 bits per heavy atom. The highest BCUT2D eigenvalue weighted by Gasteiger charge is 2.19. The summed E-state index contributed by atoms with van der Waals surface area (Å²) in [4.78, 5) is 12.8. The summed E-state index contributed by atoms with van der Waals surface area (Å²) in [6, 6.07) is 10.6. The zero-order valence-corrected chi connectivity index (χ0v) is 13.3. The van der Waals surface area contributed by atoms with Crippen LogP contribution in [0.2, 0.25) is 0 Å². The van der Waals surface area contributed by atoms with Gasteiger partial charge in [0.05, 0.1) is 15.7 Å². The molecule has 0 saturated carbocycles.